The second-order valence-corrected chi connectivity index (χ2v) is 7.24. The number of hydrogen-bond donors (Lipinski definition) is 1. The van der Waals surface area contributed by atoms with Crippen molar-refractivity contribution in [2.24, 2.45) is 5.92 Å². The van der Waals surface area contributed by atoms with Crippen LogP contribution in [0.2, 0.25) is 0 Å². The Hall–Kier alpha value is -2.45. The van der Waals surface area contributed by atoms with E-state index in [0.717, 1.165) is 22.6 Å². The van der Waals surface area contributed by atoms with Crippen LogP contribution in [0, 0.1) is 17.2 Å². The zero-order valence-corrected chi connectivity index (χ0v) is 16.1. The number of anilines is 1. The van der Waals surface area contributed by atoms with E-state index in [0.29, 0.717) is 18.8 Å². The second-order valence-electron chi connectivity index (χ2n) is 6.17. The number of urea groups is 1. The lowest BCUT2D eigenvalue weighted by Crippen LogP contribution is -2.35. The maximum absolute atomic E-state index is 12.8. The molecule has 0 aliphatic rings. The molecule has 26 heavy (non-hydrogen) atoms. The van der Waals surface area contributed by atoms with Crippen molar-refractivity contribution in [1.29, 1.82) is 5.26 Å². The number of nitriles is 1. The molecule has 1 N–H and O–H groups in total. The smallest absolute Gasteiger partial charge is 0.320 e. The van der Waals surface area contributed by atoms with Crippen LogP contribution in [0.3, 0.4) is 0 Å². The fourth-order valence-corrected chi connectivity index (χ4v) is 3.42. The number of thioether (sulfide) groups is 1. The Balaban J connectivity index is 2.07. The molecule has 5 heteroatoms. The Morgan fingerprint density at radius 3 is 2.58 bits per heavy atom. The Bertz CT molecular complexity index is 742. The van der Waals surface area contributed by atoms with Gasteiger partial charge >= 0.3 is 6.03 Å². The van der Waals surface area contributed by atoms with Crippen molar-refractivity contribution in [3.8, 4) is 6.07 Å². The molecular formula is C21H25N3OS. The summed E-state index contributed by atoms with van der Waals surface area (Å²) in [6, 6.07) is 19.9. The first kappa shape index (κ1) is 19.9. The lowest BCUT2D eigenvalue weighted by Gasteiger charge is -2.23. The van der Waals surface area contributed by atoms with Crippen LogP contribution in [0.4, 0.5) is 10.5 Å². The Kier molecular flexibility index (Phi) is 8.04. The van der Waals surface area contributed by atoms with Gasteiger partial charge in [-0.3, -0.25) is 0 Å². The van der Waals surface area contributed by atoms with Gasteiger partial charge in [0.1, 0.15) is 0 Å². The van der Waals surface area contributed by atoms with E-state index >= 15 is 0 Å². The zero-order chi connectivity index (χ0) is 18.8. The molecule has 0 fully saturated rings. The minimum absolute atomic E-state index is 0.0292. The molecule has 0 aromatic heterocycles. The Morgan fingerprint density at radius 2 is 1.88 bits per heavy atom. The average molecular weight is 368 g/mol. The lowest BCUT2D eigenvalue weighted by atomic mass is 10.2. The highest BCUT2D eigenvalue weighted by atomic mass is 32.2. The largest absolute Gasteiger partial charge is 0.322 e. The highest BCUT2D eigenvalue weighted by Crippen LogP contribution is 2.28. The van der Waals surface area contributed by atoms with E-state index < -0.39 is 0 Å². The molecule has 0 aliphatic carbocycles. The first-order valence-electron chi connectivity index (χ1n) is 8.85. The summed E-state index contributed by atoms with van der Waals surface area (Å²) in [5.74, 6) is 0.671. The molecule has 1 unspecified atom stereocenters. The summed E-state index contributed by atoms with van der Waals surface area (Å²) < 4.78 is 0. The third-order valence-corrected chi connectivity index (χ3v) is 5.17. The van der Waals surface area contributed by atoms with Gasteiger partial charge in [0.25, 0.3) is 0 Å². The van der Waals surface area contributed by atoms with Crippen molar-refractivity contribution in [1.82, 2.24) is 4.90 Å². The van der Waals surface area contributed by atoms with Gasteiger partial charge in [0.2, 0.25) is 0 Å². The normalized spacial score (nSPS) is 11.4. The van der Waals surface area contributed by atoms with Gasteiger partial charge in [-0.25, -0.2) is 4.79 Å². The lowest BCUT2D eigenvalue weighted by molar-refractivity contribution is 0.209. The maximum Gasteiger partial charge on any atom is 0.322 e. The van der Waals surface area contributed by atoms with Gasteiger partial charge in [0.15, 0.2) is 0 Å². The summed E-state index contributed by atoms with van der Waals surface area (Å²) >= 11 is 1.60. The predicted octanol–water partition coefficient (Wildman–Crippen LogP) is 5.38. The molecule has 0 spiro atoms. The summed E-state index contributed by atoms with van der Waals surface area (Å²) in [6.07, 6.45) is 0.899. The molecule has 0 aliphatic heterocycles. The standard InChI is InChI=1S/C21H25N3OS/c1-3-13-24(15-18-9-5-4-6-10-18)21(25)23-19-11-7-8-12-20(19)26-16-17(2)14-22/h4-12,17H,3,13,15-16H2,1-2H3,(H,23,25). The van der Waals surface area contributed by atoms with Crippen LogP contribution in [0.15, 0.2) is 59.5 Å². The SMILES string of the molecule is CCCN(Cc1ccccc1)C(=O)Nc1ccccc1SCC(C)C#N. The van der Waals surface area contributed by atoms with E-state index in [1.165, 1.54) is 0 Å². The summed E-state index contributed by atoms with van der Waals surface area (Å²) in [6.45, 7) is 5.25. The number of hydrogen-bond acceptors (Lipinski definition) is 3. The number of nitrogens with zero attached hydrogens (tertiary/aromatic N) is 2. The minimum atomic E-state index is -0.0999. The van der Waals surface area contributed by atoms with E-state index in [2.05, 4.69) is 18.3 Å². The molecule has 4 nitrogen and oxygen atoms in total. The number of amides is 2. The Morgan fingerprint density at radius 1 is 1.19 bits per heavy atom. The highest BCUT2D eigenvalue weighted by molar-refractivity contribution is 7.99. The van der Waals surface area contributed by atoms with Crippen molar-refractivity contribution >= 4 is 23.5 Å². The monoisotopic (exact) mass is 367 g/mol. The van der Waals surface area contributed by atoms with E-state index in [4.69, 9.17) is 5.26 Å². The average Bonchev–Trinajstić information content (AvgIpc) is 2.67. The van der Waals surface area contributed by atoms with Crippen molar-refractivity contribution in [2.75, 3.05) is 17.6 Å². The minimum Gasteiger partial charge on any atom is -0.320 e. The van der Waals surface area contributed by atoms with E-state index in [-0.39, 0.29) is 11.9 Å². The molecule has 1 atom stereocenters. The number of nitrogens with one attached hydrogen (secondary N) is 1. The fourth-order valence-electron chi connectivity index (χ4n) is 2.47. The van der Waals surface area contributed by atoms with Crippen LogP contribution in [-0.4, -0.2) is 23.2 Å². The van der Waals surface area contributed by atoms with Crippen molar-refractivity contribution in [3.05, 3.63) is 60.2 Å². The predicted molar refractivity (Wildman–Crippen MR) is 108 cm³/mol. The molecule has 0 saturated carbocycles. The number of rotatable bonds is 8. The van der Waals surface area contributed by atoms with Crippen LogP contribution >= 0.6 is 11.8 Å². The third-order valence-electron chi connectivity index (χ3n) is 3.83. The van der Waals surface area contributed by atoms with Gasteiger partial charge in [0, 0.05) is 23.7 Å². The van der Waals surface area contributed by atoms with E-state index in [1.807, 2.05) is 66.4 Å². The topological polar surface area (TPSA) is 56.1 Å². The van der Waals surface area contributed by atoms with Gasteiger partial charge in [-0.05, 0) is 31.0 Å². The van der Waals surface area contributed by atoms with Crippen LogP contribution in [0.25, 0.3) is 0 Å². The summed E-state index contributed by atoms with van der Waals surface area (Å²) in [5.41, 5.74) is 1.91. The second kappa shape index (κ2) is 10.5. The van der Waals surface area contributed by atoms with Crippen molar-refractivity contribution in [3.63, 3.8) is 0 Å². The van der Waals surface area contributed by atoms with E-state index in [9.17, 15) is 4.79 Å². The molecule has 0 heterocycles. The summed E-state index contributed by atoms with van der Waals surface area (Å²) in [5, 5.41) is 12.0. The molecule has 2 rings (SSSR count). The van der Waals surface area contributed by atoms with Gasteiger partial charge < -0.3 is 10.2 Å². The van der Waals surface area contributed by atoms with Gasteiger partial charge in [-0.2, -0.15) is 5.26 Å². The summed E-state index contributed by atoms with van der Waals surface area (Å²) in [7, 11) is 0. The number of para-hydroxylation sites is 1. The molecule has 2 amide bonds. The quantitative estimate of drug-likeness (QED) is 0.637. The van der Waals surface area contributed by atoms with Gasteiger partial charge in [-0.1, -0.05) is 49.4 Å². The molecule has 136 valence electrons. The van der Waals surface area contributed by atoms with Crippen LogP contribution in [-0.2, 0) is 6.54 Å². The molecule has 2 aromatic carbocycles. The third kappa shape index (κ3) is 6.12. The van der Waals surface area contributed by atoms with Gasteiger partial charge in [0.05, 0.1) is 17.7 Å². The number of carbonyl (C=O) groups is 1. The Labute approximate surface area is 160 Å². The number of carbonyl (C=O) groups excluding carboxylic acids is 1. The van der Waals surface area contributed by atoms with Crippen LogP contribution in [0.1, 0.15) is 25.8 Å². The van der Waals surface area contributed by atoms with Crippen molar-refractivity contribution < 1.29 is 4.79 Å². The maximum atomic E-state index is 12.8. The van der Waals surface area contributed by atoms with Gasteiger partial charge in [-0.15, -0.1) is 11.8 Å². The van der Waals surface area contributed by atoms with Crippen LogP contribution in [0.5, 0.6) is 0 Å². The molecule has 0 radical (unpaired) electrons. The first-order chi connectivity index (χ1) is 12.6. The molecule has 2 aromatic rings. The highest BCUT2D eigenvalue weighted by Gasteiger charge is 2.15. The first-order valence-corrected chi connectivity index (χ1v) is 9.84. The molecule has 0 bridgehead atoms. The fraction of sp³-hybridized carbons (Fsp3) is 0.333. The molecular weight excluding hydrogens is 342 g/mol. The van der Waals surface area contributed by atoms with Crippen LogP contribution < -0.4 is 5.32 Å². The molecule has 0 saturated heterocycles. The van der Waals surface area contributed by atoms with Crippen molar-refractivity contribution in [2.45, 2.75) is 31.7 Å². The number of benzene rings is 2. The zero-order valence-electron chi connectivity index (χ0n) is 15.3. The van der Waals surface area contributed by atoms with E-state index in [1.54, 1.807) is 11.8 Å². The summed E-state index contributed by atoms with van der Waals surface area (Å²) in [4.78, 5) is 15.6.